The maximum atomic E-state index is 12.4. The number of benzene rings is 1. The van der Waals surface area contributed by atoms with E-state index in [1.165, 1.54) is 11.3 Å². The van der Waals surface area contributed by atoms with E-state index in [1.807, 2.05) is 5.38 Å². The van der Waals surface area contributed by atoms with E-state index in [0.717, 1.165) is 42.7 Å². The normalized spacial score (nSPS) is 15.7. The molecule has 0 saturated carbocycles. The molecule has 6 nitrogen and oxygen atoms in total. The topological polar surface area (TPSA) is 87.2 Å². The standard InChI is InChI=1S/C17H17N3O3S/c21-12-2-1-11-7-14(18-13(11)8-12)16(22)20-17-19-15(9-24-17)10-3-5-23-6-4-10/h1-2,7-10,18,21H,3-6H2,(H,19,20,22). The van der Waals surface area contributed by atoms with Gasteiger partial charge in [0.2, 0.25) is 0 Å². The highest BCUT2D eigenvalue weighted by Gasteiger charge is 2.19. The Hall–Kier alpha value is -2.38. The average Bonchev–Trinajstić information content (AvgIpc) is 3.22. The summed E-state index contributed by atoms with van der Waals surface area (Å²) >= 11 is 1.44. The molecule has 1 fully saturated rings. The quantitative estimate of drug-likeness (QED) is 0.679. The van der Waals surface area contributed by atoms with Crippen molar-refractivity contribution in [2.45, 2.75) is 18.8 Å². The second-order valence-electron chi connectivity index (χ2n) is 5.87. The molecule has 1 aliphatic heterocycles. The maximum Gasteiger partial charge on any atom is 0.273 e. The van der Waals surface area contributed by atoms with Crippen molar-refractivity contribution in [2.75, 3.05) is 18.5 Å². The van der Waals surface area contributed by atoms with Crippen LogP contribution in [0.5, 0.6) is 5.75 Å². The smallest absolute Gasteiger partial charge is 0.273 e. The van der Waals surface area contributed by atoms with Gasteiger partial charge >= 0.3 is 0 Å². The van der Waals surface area contributed by atoms with Crippen molar-refractivity contribution in [3.63, 3.8) is 0 Å². The van der Waals surface area contributed by atoms with Crippen LogP contribution in [0, 0.1) is 0 Å². The number of H-pyrrole nitrogens is 1. The Balaban J connectivity index is 1.49. The number of anilines is 1. The minimum atomic E-state index is -0.237. The minimum absolute atomic E-state index is 0.164. The van der Waals surface area contributed by atoms with Gasteiger partial charge in [0.1, 0.15) is 11.4 Å². The molecule has 124 valence electrons. The molecule has 1 saturated heterocycles. The summed E-state index contributed by atoms with van der Waals surface area (Å²) in [6.07, 6.45) is 1.95. The van der Waals surface area contributed by atoms with Crippen molar-refractivity contribution in [3.05, 3.63) is 41.0 Å². The van der Waals surface area contributed by atoms with Crippen LogP contribution in [0.4, 0.5) is 5.13 Å². The number of aromatic hydroxyl groups is 1. The van der Waals surface area contributed by atoms with Crippen molar-refractivity contribution >= 4 is 33.3 Å². The van der Waals surface area contributed by atoms with Gasteiger partial charge in [0.15, 0.2) is 5.13 Å². The molecule has 3 heterocycles. The highest BCUT2D eigenvalue weighted by Crippen LogP contribution is 2.29. The second-order valence-corrected chi connectivity index (χ2v) is 6.73. The molecule has 0 unspecified atom stereocenters. The molecule has 2 aromatic heterocycles. The molecule has 24 heavy (non-hydrogen) atoms. The van der Waals surface area contributed by atoms with Crippen LogP contribution >= 0.6 is 11.3 Å². The van der Waals surface area contributed by atoms with Gasteiger partial charge in [-0.25, -0.2) is 4.98 Å². The van der Waals surface area contributed by atoms with Gasteiger partial charge in [0, 0.05) is 41.5 Å². The van der Waals surface area contributed by atoms with E-state index < -0.39 is 0 Å². The van der Waals surface area contributed by atoms with Gasteiger partial charge in [-0.3, -0.25) is 10.1 Å². The van der Waals surface area contributed by atoms with Crippen LogP contribution in [-0.4, -0.2) is 34.2 Å². The lowest BCUT2D eigenvalue weighted by Crippen LogP contribution is -2.15. The number of nitrogens with zero attached hydrogens (tertiary/aromatic N) is 1. The zero-order valence-corrected chi connectivity index (χ0v) is 13.7. The van der Waals surface area contributed by atoms with E-state index in [-0.39, 0.29) is 11.7 Å². The molecule has 3 N–H and O–H groups in total. The zero-order chi connectivity index (χ0) is 16.5. The fourth-order valence-electron chi connectivity index (χ4n) is 2.93. The third-order valence-corrected chi connectivity index (χ3v) is 5.01. The maximum absolute atomic E-state index is 12.4. The SMILES string of the molecule is O=C(Nc1nc(C2CCOCC2)cs1)c1cc2ccc(O)cc2[nH]1. The van der Waals surface area contributed by atoms with Gasteiger partial charge in [-0.15, -0.1) is 11.3 Å². The van der Waals surface area contributed by atoms with Crippen molar-refractivity contribution in [1.82, 2.24) is 9.97 Å². The summed E-state index contributed by atoms with van der Waals surface area (Å²) in [5, 5.41) is 15.8. The summed E-state index contributed by atoms with van der Waals surface area (Å²) < 4.78 is 5.37. The molecule has 4 rings (SSSR count). The van der Waals surface area contributed by atoms with Gasteiger partial charge < -0.3 is 14.8 Å². The van der Waals surface area contributed by atoms with Crippen molar-refractivity contribution in [1.29, 1.82) is 0 Å². The molecular formula is C17H17N3O3S. The monoisotopic (exact) mass is 343 g/mol. The molecule has 0 aliphatic carbocycles. The van der Waals surface area contributed by atoms with Gasteiger partial charge in [-0.2, -0.15) is 0 Å². The van der Waals surface area contributed by atoms with Crippen LogP contribution in [0.3, 0.4) is 0 Å². The number of phenolic OH excluding ortho intramolecular Hbond substituents is 1. The van der Waals surface area contributed by atoms with Crippen LogP contribution in [0.1, 0.15) is 34.9 Å². The zero-order valence-electron chi connectivity index (χ0n) is 12.9. The van der Waals surface area contributed by atoms with Crippen LogP contribution < -0.4 is 5.32 Å². The Labute approximate surface area is 142 Å². The summed E-state index contributed by atoms with van der Waals surface area (Å²) in [7, 11) is 0. The van der Waals surface area contributed by atoms with Gasteiger partial charge in [0.05, 0.1) is 5.69 Å². The van der Waals surface area contributed by atoms with E-state index in [4.69, 9.17) is 4.74 Å². The molecule has 0 spiro atoms. The first-order chi connectivity index (χ1) is 11.7. The lowest BCUT2D eigenvalue weighted by molar-refractivity contribution is 0.0846. The van der Waals surface area contributed by atoms with Crippen LogP contribution in [0.15, 0.2) is 29.6 Å². The summed E-state index contributed by atoms with van der Waals surface area (Å²) in [4.78, 5) is 20.0. The Bertz CT molecular complexity index is 880. The number of carbonyl (C=O) groups is 1. The molecule has 0 atom stereocenters. The first-order valence-electron chi connectivity index (χ1n) is 7.85. The van der Waals surface area contributed by atoms with Gasteiger partial charge in [-0.1, -0.05) is 0 Å². The Morgan fingerprint density at radius 2 is 2.17 bits per heavy atom. The summed E-state index contributed by atoms with van der Waals surface area (Å²) in [6.45, 7) is 1.54. The molecule has 0 bridgehead atoms. The van der Waals surface area contributed by atoms with Crippen LogP contribution in [-0.2, 0) is 4.74 Å². The number of hydrogen-bond donors (Lipinski definition) is 3. The minimum Gasteiger partial charge on any atom is -0.508 e. The highest BCUT2D eigenvalue weighted by atomic mass is 32.1. The van der Waals surface area contributed by atoms with E-state index >= 15 is 0 Å². The number of nitrogens with one attached hydrogen (secondary N) is 2. The molecule has 7 heteroatoms. The molecule has 3 aromatic rings. The number of aromatic nitrogens is 2. The van der Waals surface area contributed by atoms with E-state index in [0.29, 0.717) is 16.7 Å². The second kappa shape index (κ2) is 6.26. The number of aromatic amines is 1. The summed E-state index contributed by atoms with van der Waals surface area (Å²) in [5.41, 5.74) is 2.20. The largest absolute Gasteiger partial charge is 0.508 e. The average molecular weight is 343 g/mol. The fraction of sp³-hybridized carbons (Fsp3) is 0.294. The van der Waals surface area contributed by atoms with Crippen molar-refractivity contribution in [3.8, 4) is 5.75 Å². The molecule has 1 aliphatic rings. The first kappa shape index (κ1) is 15.2. The Kier molecular flexibility index (Phi) is 3.95. The Morgan fingerprint density at radius 1 is 1.33 bits per heavy atom. The molecular weight excluding hydrogens is 326 g/mol. The number of amides is 1. The van der Waals surface area contributed by atoms with Crippen molar-refractivity contribution < 1.29 is 14.6 Å². The summed E-state index contributed by atoms with van der Waals surface area (Å²) in [5.74, 6) is 0.340. The number of phenols is 1. The number of thiazole rings is 1. The van der Waals surface area contributed by atoms with E-state index in [1.54, 1.807) is 24.3 Å². The first-order valence-corrected chi connectivity index (χ1v) is 8.73. The lowest BCUT2D eigenvalue weighted by atomic mass is 9.98. The predicted octanol–water partition coefficient (Wildman–Crippen LogP) is 3.48. The number of ether oxygens (including phenoxy) is 1. The predicted molar refractivity (Wildman–Crippen MR) is 92.8 cm³/mol. The third-order valence-electron chi connectivity index (χ3n) is 4.23. The molecule has 0 radical (unpaired) electrons. The van der Waals surface area contributed by atoms with Gasteiger partial charge in [-0.05, 0) is 31.0 Å². The third kappa shape index (κ3) is 3.00. The van der Waals surface area contributed by atoms with E-state index in [9.17, 15) is 9.90 Å². The van der Waals surface area contributed by atoms with Gasteiger partial charge in [0.25, 0.3) is 5.91 Å². The number of fused-ring (bicyclic) bond motifs is 1. The van der Waals surface area contributed by atoms with Crippen LogP contribution in [0.2, 0.25) is 0 Å². The number of hydrogen-bond acceptors (Lipinski definition) is 5. The number of rotatable bonds is 3. The summed E-state index contributed by atoms with van der Waals surface area (Å²) in [6, 6.07) is 6.72. The van der Waals surface area contributed by atoms with Crippen LogP contribution in [0.25, 0.3) is 10.9 Å². The highest BCUT2D eigenvalue weighted by molar-refractivity contribution is 7.14. The van der Waals surface area contributed by atoms with Crippen molar-refractivity contribution in [2.24, 2.45) is 0 Å². The fourth-order valence-corrected chi connectivity index (χ4v) is 3.71. The molecule has 1 aromatic carbocycles. The Morgan fingerprint density at radius 3 is 3.00 bits per heavy atom. The molecule has 1 amide bonds. The number of carbonyl (C=O) groups excluding carboxylic acids is 1. The lowest BCUT2D eigenvalue weighted by Gasteiger charge is -2.19. The van der Waals surface area contributed by atoms with E-state index in [2.05, 4.69) is 15.3 Å².